The van der Waals surface area contributed by atoms with E-state index in [1.807, 2.05) is 6.07 Å². The minimum absolute atomic E-state index is 0.0711. The van der Waals surface area contributed by atoms with Crippen LogP contribution in [0.3, 0.4) is 0 Å². The van der Waals surface area contributed by atoms with Crippen molar-refractivity contribution >= 4 is 27.7 Å². The molecule has 2 aromatic carbocycles. The van der Waals surface area contributed by atoms with Gasteiger partial charge in [-0.2, -0.15) is 0 Å². The molecule has 0 bridgehead atoms. The Morgan fingerprint density at radius 1 is 0.722 bits per heavy atom. The second kappa shape index (κ2) is 25.2. The highest BCUT2D eigenvalue weighted by molar-refractivity contribution is 6.09. The second-order valence-corrected chi connectivity index (χ2v) is 12.8. The molecule has 0 saturated carbocycles. The Bertz CT molecular complexity index is 1610. The summed E-state index contributed by atoms with van der Waals surface area (Å²) in [5, 5.41) is 10.9. The molecule has 3 rings (SSSR count). The molecule has 0 spiro atoms. The molecular weight excluding hydrogens is 710 g/mol. The summed E-state index contributed by atoms with van der Waals surface area (Å²) < 4.78 is 54.7. The van der Waals surface area contributed by atoms with Crippen molar-refractivity contribution < 1.29 is 61.8 Å². The molecule has 54 heavy (non-hydrogen) atoms. The Balaban J connectivity index is 1.46. The van der Waals surface area contributed by atoms with Gasteiger partial charge in [0.1, 0.15) is 23.7 Å². The van der Waals surface area contributed by atoms with Gasteiger partial charge < -0.3 is 51.9 Å². The molecule has 3 aromatic rings. The molecule has 16 nitrogen and oxygen atoms in total. The molecule has 0 amide bonds. The van der Waals surface area contributed by atoms with Gasteiger partial charge in [0, 0.05) is 12.5 Å². The third-order valence-electron chi connectivity index (χ3n) is 8.39. The van der Waals surface area contributed by atoms with Gasteiger partial charge in [0.2, 0.25) is 0 Å². The van der Waals surface area contributed by atoms with E-state index in [0.29, 0.717) is 94.4 Å². The van der Waals surface area contributed by atoms with Crippen LogP contribution in [0.1, 0.15) is 51.5 Å². The van der Waals surface area contributed by atoms with Crippen LogP contribution in [-0.4, -0.2) is 118 Å². The monoisotopic (exact) mass is 765 g/mol. The van der Waals surface area contributed by atoms with Crippen molar-refractivity contribution in [3.63, 3.8) is 0 Å². The van der Waals surface area contributed by atoms with E-state index in [-0.39, 0.29) is 37.8 Å². The number of methoxy groups -OCH3 is 2. The van der Waals surface area contributed by atoms with Crippen molar-refractivity contribution in [2.75, 3.05) is 107 Å². The lowest BCUT2D eigenvalue weighted by Crippen LogP contribution is -2.20. The smallest absolute Gasteiger partial charge is 0.344 e. The predicted molar refractivity (Wildman–Crippen MR) is 198 cm³/mol. The number of rotatable bonds is 31. The van der Waals surface area contributed by atoms with Crippen LogP contribution in [0.5, 0.6) is 11.5 Å². The predicted octanol–water partition coefficient (Wildman–Crippen LogP) is 5.04. The van der Waals surface area contributed by atoms with E-state index in [4.69, 9.17) is 47.0 Å². The van der Waals surface area contributed by atoms with E-state index in [0.717, 1.165) is 31.2 Å². The molecule has 1 heterocycles. The fraction of sp³-hybridized carbons (Fsp3) is 0.632. The number of carbonyl (C=O) groups excluding carboxylic acids is 1. The van der Waals surface area contributed by atoms with E-state index < -0.39 is 22.1 Å². The van der Waals surface area contributed by atoms with Gasteiger partial charge in [-0.05, 0) is 54.2 Å². The molecule has 16 heteroatoms. The maximum Gasteiger partial charge on any atom is 0.344 e. The third-order valence-corrected chi connectivity index (χ3v) is 8.39. The molecule has 0 aliphatic carbocycles. The zero-order valence-electron chi connectivity index (χ0n) is 31.9. The number of esters is 1. The summed E-state index contributed by atoms with van der Waals surface area (Å²) in [6.07, 6.45) is 3.83. The highest BCUT2D eigenvalue weighted by atomic mass is 16.9. The summed E-state index contributed by atoms with van der Waals surface area (Å²) in [4.78, 5) is 40.8. The minimum Gasteiger partial charge on any atom is -0.497 e. The van der Waals surface area contributed by atoms with Crippen LogP contribution in [0.2, 0.25) is 0 Å². The van der Waals surface area contributed by atoms with Gasteiger partial charge in [0.25, 0.3) is 5.09 Å². The zero-order chi connectivity index (χ0) is 39.0. The average molecular weight is 766 g/mol. The first-order valence-corrected chi connectivity index (χ1v) is 18.2. The molecular formula is C38H55NO15. The van der Waals surface area contributed by atoms with Crippen LogP contribution in [-0.2, 0) is 48.2 Å². The van der Waals surface area contributed by atoms with Gasteiger partial charge in [-0.25, -0.2) is 9.59 Å². The maximum absolute atomic E-state index is 13.1. The number of hydrogen-bond acceptors (Lipinski definition) is 15. The maximum atomic E-state index is 13.1. The number of nitrogens with zero attached hydrogens (tertiary/aromatic N) is 1. The average Bonchev–Trinajstić information content (AvgIpc) is 3.14. The highest BCUT2D eigenvalue weighted by Crippen LogP contribution is 2.39. The van der Waals surface area contributed by atoms with Gasteiger partial charge in [0.15, 0.2) is 0 Å². The minimum atomic E-state index is -0.784. The van der Waals surface area contributed by atoms with Crippen molar-refractivity contribution in [3.05, 3.63) is 56.4 Å². The lowest BCUT2D eigenvalue weighted by Gasteiger charge is -2.26. The first-order valence-electron chi connectivity index (χ1n) is 18.2. The van der Waals surface area contributed by atoms with Crippen LogP contribution in [0.25, 0.3) is 21.7 Å². The van der Waals surface area contributed by atoms with Crippen LogP contribution in [0.15, 0.2) is 39.5 Å². The molecule has 0 fully saturated rings. The number of hydrogen-bond donors (Lipinski definition) is 0. The van der Waals surface area contributed by atoms with E-state index in [1.165, 1.54) is 7.11 Å². The van der Waals surface area contributed by atoms with Gasteiger partial charge in [-0.1, -0.05) is 33.1 Å². The third kappa shape index (κ3) is 16.2. The van der Waals surface area contributed by atoms with Gasteiger partial charge in [-0.15, -0.1) is 10.1 Å². The van der Waals surface area contributed by atoms with Gasteiger partial charge in [0.05, 0.1) is 104 Å². The van der Waals surface area contributed by atoms with Crippen LogP contribution in [0, 0.1) is 10.1 Å². The Labute approximate surface area is 315 Å². The summed E-state index contributed by atoms with van der Waals surface area (Å²) in [6, 6.07) is 8.60. The standard InChI is InChI=1S/C38H55NO15/c1-38(2,11-7-5-6-8-12-52-39(42)43)29-25-33(36-32-27-30(45-4)9-10-31(32)37(41)54-34(36)26-29)53-35(40)28-51-24-23-50-22-21-49-20-19-48-18-17-47-16-15-46-14-13-44-3/h9-10,25-27H,5-8,11-24,28H2,1-4H3. The molecule has 0 atom stereocenters. The molecule has 0 unspecified atom stereocenters. The Hall–Kier alpha value is -3.90. The summed E-state index contributed by atoms with van der Waals surface area (Å²) in [5.74, 6) is 0.130. The largest absolute Gasteiger partial charge is 0.497 e. The molecule has 0 N–H and O–H groups in total. The lowest BCUT2D eigenvalue weighted by molar-refractivity contribution is -0.757. The SMILES string of the molecule is COCCOCCOCCOCCOCCOCCOCC(=O)Oc1cc(C(C)(C)CCCCCCO[N+](=O)[O-])cc2oc(=O)c3ccc(OC)cc3c12. The van der Waals surface area contributed by atoms with Crippen molar-refractivity contribution in [2.45, 2.75) is 51.4 Å². The highest BCUT2D eigenvalue weighted by Gasteiger charge is 2.25. The molecule has 302 valence electrons. The normalized spacial score (nSPS) is 11.7. The Morgan fingerprint density at radius 3 is 1.87 bits per heavy atom. The summed E-state index contributed by atoms with van der Waals surface area (Å²) in [7, 11) is 3.15. The number of carbonyl (C=O) groups is 1. The van der Waals surface area contributed by atoms with E-state index in [9.17, 15) is 19.7 Å². The number of fused-ring (bicyclic) bond motifs is 3. The van der Waals surface area contributed by atoms with Gasteiger partial charge >= 0.3 is 11.6 Å². The Morgan fingerprint density at radius 2 is 1.30 bits per heavy atom. The molecule has 0 radical (unpaired) electrons. The summed E-state index contributed by atoms with van der Waals surface area (Å²) >= 11 is 0. The summed E-state index contributed by atoms with van der Waals surface area (Å²) in [6.45, 7) is 8.95. The number of benzene rings is 2. The number of ether oxygens (including phenoxy) is 9. The van der Waals surface area contributed by atoms with E-state index >= 15 is 0 Å². The van der Waals surface area contributed by atoms with Crippen molar-refractivity contribution in [3.8, 4) is 11.5 Å². The Kier molecular flexibility index (Phi) is 20.8. The summed E-state index contributed by atoms with van der Waals surface area (Å²) in [5.41, 5.74) is 0.170. The lowest BCUT2D eigenvalue weighted by atomic mass is 9.79. The molecule has 0 saturated heterocycles. The fourth-order valence-electron chi connectivity index (χ4n) is 5.45. The van der Waals surface area contributed by atoms with Crippen molar-refractivity contribution in [1.29, 1.82) is 0 Å². The topological polar surface area (TPSA) is 183 Å². The fourth-order valence-corrected chi connectivity index (χ4v) is 5.45. The van der Waals surface area contributed by atoms with Crippen molar-refractivity contribution in [2.24, 2.45) is 0 Å². The first kappa shape index (κ1) is 44.5. The molecule has 0 aliphatic heterocycles. The van der Waals surface area contributed by atoms with Crippen LogP contribution < -0.4 is 15.1 Å². The number of unbranched alkanes of at least 4 members (excludes halogenated alkanes) is 3. The van der Waals surface area contributed by atoms with E-state index in [1.54, 1.807) is 31.4 Å². The molecule has 1 aromatic heterocycles. The molecule has 0 aliphatic rings. The first-order chi connectivity index (χ1) is 26.2. The van der Waals surface area contributed by atoms with Crippen LogP contribution >= 0.6 is 0 Å². The van der Waals surface area contributed by atoms with Crippen LogP contribution in [0.4, 0.5) is 0 Å². The quantitative estimate of drug-likeness (QED) is 0.0161. The van der Waals surface area contributed by atoms with Gasteiger partial charge in [-0.3, -0.25) is 0 Å². The zero-order valence-corrected chi connectivity index (χ0v) is 31.9. The van der Waals surface area contributed by atoms with Crippen molar-refractivity contribution in [1.82, 2.24) is 0 Å². The van der Waals surface area contributed by atoms with E-state index in [2.05, 4.69) is 18.7 Å². The second-order valence-electron chi connectivity index (χ2n) is 12.8.